The number of halogens is 1. The summed E-state index contributed by atoms with van der Waals surface area (Å²) in [6.07, 6.45) is 2.93. The number of ether oxygens (including phenoxy) is 1. The molecule has 0 saturated heterocycles. The smallest absolute Gasteiger partial charge is 0.258 e. The molecule has 3 rings (SSSR count). The summed E-state index contributed by atoms with van der Waals surface area (Å²) < 4.78 is 5.12. The second-order valence-corrected chi connectivity index (χ2v) is 6.45. The maximum absolute atomic E-state index is 12.5. The molecule has 0 spiro atoms. The van der Waals surface area contributed by atoms with Gasteiger partial charge in [0.2, 0.25) is 5.95 Å². The number of aromatic nitrogens is 2. The van der Waals surface area contributed by atoms with Crippen LogP contribution in [0.3, 0.4) is 0 Å². The average Bonchev–Trinajstić information content (AvgIpc) is 2.65. The van der Waals surface area contributed by atoms with Crippen molar-refractivity contribution in [3.8, 4) is 5.75 Å². The van der Waals surface area contributed by atoms with Gasteiger partial charge < -0.3 is 15.4 Å². The van der Waals surface area contributed by atoms with Crippen LogP contribution in [0.25, 0.3) is 0 Å². The minimum absolute atomic E-state index is 0.320. The van der Waals surface area contributed by atoms with Gasteiger partial charge in [-0.3, -0.25) is 4.79 Å². The van der Waals surface area contributed by atoms with Crippen molar-refractivity contribution in [3.05, 3.63) is 70.5 Å². The van der Waals surface area contributed by atoms with Gasteiger partial charge in [0.05, 0.1) is 23.4 Å². The zero-order chi connectivity index (χ0) is 19.4. The normalized spacial score (nSPS) is 10.4. The predicted octanol–water partition coefficient (Wildman–Crippen LogP) is 4.75. The molecule has 1 amide bonds. The molecule has 0 fully saturated rings. The largest absolute Gasteiger partial charge is 0.497 e. The molecule has 0 aliphatic rings. The van der Waals surface area contributed by atoms with Crippen LogP contribution in [-0.4, -0.2) is 23.0 Å². The lowest BCUT2D eigenvalue weighted by Gasteiger charge is -2.11. The minimum atomic E-state index is -0.320. The molecule has 6 nitrogen and oxygen atoms in total. The zero-order valence-corrected chi connectivity index (χ0v) is 16.0. The van der Waals surface area contributed by atoms with Crippen molar-refractivity contribution in [2.45, 2.75) is 13.8 Å². The van der Waals surface area contributed by atoms with E-state index in [-0.39, 0.29) is 5.91 Å². The van der Waals surface area contributed by atoms with Crippen LogP contribution in [0.1, 0.15) is 21.5 Å². The van der Waals surface area contributed by atoms with E-state index in [0.29, 0.717) is 22.2 Å². The van der Waals surface area contributed by atoms with Gasteiger partial charge in [0.1, 0.15) is 5.75 Å². The molecule has 138 valence electrons. The number of carbonyl (C=O) groups is 1. The quantitative estimate of drug-likeness (QED) is 0.665. The van der Waals surface area contributed by atoms with E-state index in [9.17, 15) is 4.79 Å². The molecule has 0 aliphatic carbocycles. The van der Waals surface area contributed by atoms with Gasteiger partial charge in [-0.05, 0) is 55.3 Å². The van der Waals surface area contributed by atoms with Gasteiger partial charge in [-0.25, -0.2) is 9.97 Å². The molecule has 2 N–H and O–H groups in total. The van der Waals surface area contributed by atoms with Crippen molar-refractivity contribution >= 4 is 34.8 Å². The second-order valence-electron chi connectivity index (χ2n) is 6.04. The van der Waals surface area contributed by atoms with Crippen molar-refractivity contribution in [3.63, 3.8) is 0 Å². The van der Waals surface area contributed by atoms with Gasteiger partial charge in [-0.15, -0.1) is 0 Å². The molecule has 7 heteroatoms. The predicted molar refractivity (Wildman–Crippen MR) is 107 cm³/mol. The summed E-state index contributed by atoms with van der Waals surface area (Å²) in [6.45, 7) is 3.85. The molecular weight excluding hydrogens is 364 g/mol. The number of hydrogen-bond acceptors (Lipinski definition) is 5. The lowest BCUT2D eigenvalue weighted by atomic mass is 10.1. The number of anilines is 3. The van der Waals surface area contributed by atoms with Gasteiger partial charge in [0.15, 0.2) is 0 Å². The number of amides is 1. The van der Waals surface area contributed by atoms with E-state index in [0.717, 1.165) is 22.6 Å². The second kappa shape index (κ2) is 8.05. The number of rotatable bonds is 5. The van der Waals surface area contributed by atoms with Gasteiger partial charge in [0.25, 0.3) is 5.91 Å². The Bertz CT molecular complexity index is 934. The summed E-state index contributed by atoms with van der Waals surface area (Å²) in [5.74, 6) is 0.833. The summed E-state index contributed by atoms with van der Waals surface area (Å²) in [5, 5.41) is 6.38. The molecule has 1 heterocycles. The van der Waals surface area contributed by atoms with Gasteiger partial charge in [0, 0.05) is 18.1 Å². The third-order valence-corrected chi connectivity index (χ3v) is 4.23. The third kappa shape index (κ3) is 4.54. The van der Waals surface area contributed by atoms with Crippen molar-refractivity contribution < 1.29 is 9.53 Å². The van der Waals surface area contributed by atoms with E-state index in [4.69, 9.17) is 16.3 Å². The molecule has 0 aliphatic heterocycles. The van der Waals surface area contributed by atoms with E-state index in [2.05, 4.69) is 20.6 Å². The van der Waals surface area contributed by atoms with E-state index in [1.54, 1.807) is 7.11 Å². The van der Waals surface area contributed by atoms with Crippen molar-refractivity contribution in [2.75, 3.05) is 17.7 Å². The molecule has 2 aromatic carbocycles. The molecule has 0 saturated carbocycles. The Kier molecular flexibility index (Phi) is 5.57. The maximum atomic E-state index is 12.5. The Morgan fingerprint density at radius 2 is 1.74 bits per heavy atom. The fraction of sp³-hybridized carbons (Fsp3) is 0.150. The minimum Gasteiger partial charge on any atom is -0.497 e. The van der Waals surface area contributed by atoms with Crippen LogP contribution in [0, 0.1) is 13.8 Å². The Labute approximate surface area is 162 Å². The Morgan fingerprint density at radius 3 is 2.33 bits per heavy atom. The molecule has 0 bridgehead atoms. The summed E-state index contributed by atoms with van der Waals surface area (Å²) in [7, 11) is 1.61. The highest BCUT2D eigenvalue weighted by Gasteiger charge is 2.12. The highest BCUT2D eigenvalue weighted by molar-refractivity contribution is 6.34. The number of carbonyl (C=O) groups excluding carboxylic acids is 1. The topological polar surface area (TPSA) is 76.1 Å². The molecule has 1 aromatic heterocycles. The van der Waals surface area contributed by atoms with E-state index < -0.39 is 0 Å². The first-order chi connectivity index (χ1) is 13.0. The number of aryl methyl sites for hydroxylation is 2. The first-order valence-electron chi connectivity index (χ1n) is 8.27. The molecule has 0 radical (unpaired) electrons. The standard InChI is InChI=1S/C20H19ClN4O2/c1-12-8-13(2)18(17(21)9-12)25-19(26)14-10-22-20(23-11-14)24-15-4-6-16(27-3)7-5-15/h4-11H,1-3H3,(H,25,26)(H,22,23,24). The summed E-state index contributed by atoms with van der Waals surface area (Å²) in [5.41, 5.74) is 3.67. The van der Waals surface area contributed by atoms with Gasteiger partial charge >= 0.3 is 0 Å². The van der Waals surface area contributed by atoms with E-state index in [1.807, 2.05) is 50.2 Å². The lowest BCUT2D eigenvalue weighted by Crippen LogP contribution is -2.14. The Balaban J connectivity index is 1.70. The molecular formula is C20H19ClN4O2. The van der Waals surface area contributed by atoms with E-state index in [1.165, 1.54) is 12.4 Å². The number of methoxy groups -OCH3 is 1. The fourth-order valence-corrected chi connectivity index (χ4v) is 2.94. The van der Waals surface area contributed by atoms with Crippen molar-refractivity contribution in [1.82, 2.24) is 9.97 Å². The van der Waals surface area contributed by atoms with Gasteiger partial charge in [-0.2, -0.15) is 0 Å². The van der Waals surface area contributed by atoms with Crippen LogP contribution in [-0.2, 0) is 0 Å². The highest BCUT2D eigenvalue weighted by Crippen LogP contribution is 2.27. The van der Waals surface area contributed by atoms with Crippen LogP contribution < -0.4 is 15.4 Å². The highest BCUT2D eigenvalue weighted by atomic mass is 35.5. The van der Waals surface area contributed by atoms with Gasteiger partial charge in [-0.1, -0.05) is 17.7 Å². The summed E-state index contributed by atoms with van der Waals surface area (Å²) in [4.78, 5) is 20.8. The molecule has 3 aromatic rings. The first kappa shape index (κ1) is 18.7. The summed E-state index contributed by atoms with van der Waals surface area (Å²) >= 11 is 6.24. The molecule has 0 atom stereocenters. The lowest BCUT2D eigenvalue weighted by molar-refractivity contribution is 0.102. The Morgan fingerprint density at radius 1 is 1.07 bits per heavy atom. The fourth-order valence-electron chi connectivity index (χ4n) is 2.57. The number of benzene rings is 2. The number of nitrogens with zero attached hydrogens (tertiary/aromatic N) is 2. The third-order valence-electron chi connectivity index (χ3n) is 3.93. The van der Waals surface area contributed by atoms with Crippen LogP contribution in [0.4, 0.5) is 17.3 Å². The van der Waals surface area contributed by atoms with Crippen LogP contribution in [0.2, 0.25) is 5.02 Å². The maximum Gasteiger partial charge on any atom is 0.258 e. The van der Waals surface area contributed by atoms with E-state index >= 15 is 0 Å². The SMILES string of the molecule is COc1ccc(Nc2ncc(C(=O)Nc3c(C)cc(C)cc3Cl)cn2)cc1. The molecule has 0 unspecified atom stereocenters. The van der Waals surface area contributed by atoms with Crippen LogP contribution in [0.15, 0.2) is 48.8 Å². The molecule has 27 heavy (non-hydrogen) atoms. The number of nitrogens with one attached hydrogen (secondary N) is 2. The monoisotopic (exact) mass is 382 g/mol. The summed E-state index contributed by atoms with van der Waals surface area (Å²) in [6, 6.07) is 11.1. The zero-order valence-electron chi connectivity index (χ0n) is 15.2. The van der Waals surface area contributed by atoms with Crippen molar-refractivity contribution in [1.29, 1.82) is 0 Å². The Hall–Kier alpha value is -3.12. The number of hydrogen-bond donors (Lipinski definition) is 2. The first-order valence-corrected chi connectivity index (χ1v) is 8.65. The average molecular weight is 383 g/mol. The van der Waals surface area contributed by atoms with Crippen LogP contribution >= 0.6 is 11.6 Å². The van der Waals surface area contributed by atoms with Crippen molar-refractivity contribution in [2.24, 2.45) is 0 Å². The van der Waals surface area contributed by atoms with Crippen LogP contribution in [0.5, 0.6) is 5.75 Å².